The standard InChI is InChI=1S/C16H19BrN4O.ClH/c1-11-15(16(22)20-13-5-3-7-18-9-13)10-19-21(11)14-6-2-4-12(17)8-14;/h2,4,6,8,10,13,18H,3,5,7,9H2,1H3,(H,20,22);1H. The number of nitrogens with zero attached hydrogens (tertiary/aromatic N) is 2. The second-order valence-electron chi connectivity index (χ2n) is 5.55. The van der Waals surface area contributed by atoms with E-state index >= 15 is 0 Å². The van der Waals surface area contributed by atoms with Crippen molar-refractivity contribution in [1.82, 2.24) is 20.4 Å². The summed E-state index contributed by atoms with van der Waals surface area (Å²) in [6.45, 7) is 3.79. The molecule has 124 valence electrons. The molecule has 0 aliphatic carbocycles. The molecule has 3 rings (SSSR count). The molecule has 1 saturated heterocycles. The van der Waals surface area contributed by atoms with Gasteiger partial charge in [-0.15, -0.1) is 12.4 Å². The third kappa shape index (κ3) is 4.13. The van der Waals surface area contributed by atoms with Gasteiger partial charge in [0.1, 0.15) is 0 Å². The molecule has 1 aromatic heterocycles. The maximum atomic E-state index is 12.4. The van der Waals surface area contributed by atoms with Crippen molar-refractivity contribution in [2.45, 2.75) is 25.8 Å². The number of amides is 1. The molecule has 0 saturated carbocycles. The van der Waals surface area contributed by atoms with Crippen LogP contribution in [0.1, 0.15) is 28.9 Å². The Morgan fingerprint density at radius 2 is 2.30 bits per heavy atom. The van der Waals surface area contributed by atoms with Crippen molar-refractivity contribution in [2.24, 2.45) is 0 Å². The molecule has 1 atom stereocenters. The molecule has 5 nitrogen and oxygen atoms in total. The molecule has 0 bridgehead atoms. The van der Waals surface area contributed by atoms with Crippen LogP contribution in [0.15, 0.2) is 34.9 Å². The highest BCUT2D eigenvalue weighted by Gasteiger charge is 2.20. The van der Waals surface area contributed by atoms with Crippen LogP contribution in [0.4, 0.5) is 0 Å². The van der Waals surface area contributed by atoms with Gasteiger partial charge < -0.3 is 10.6 Å². The zero-order valence-corrected chi connectivity index (χ0v) is 15.3. The molecule has 2 N–H and O–H groups in total. The first-order valence-electron chi connectivity index (χ1n) is 7.47. The number of hydrogen-bond acceptors (Lipinski definition) is 3. The van der Waals surface area contributed by atoms with Crippen molar-refractivity contribution in [3.05, 3.63) is 46.2 Å². The zero-order valence-electron chi connectivity index (χ0n) is 12.9. The maximum absolute atomic E-state index is 12.4. The number of halogens is 2. The third-order valence-electron chi connectivity index (χ3n) is 3.94. The second kappa shape index (κ2) is 7.95. The van der Waals surface area contributed by atoms with Crippen molar-refractivity contribution in [2.75, 3.05) is 13.1 Å². The van der Waals surface area contributed by atoms with E-state index in [1.54, 1.807) is 10.9 Å². The fraction of sp³-hybridized carbons (Fsp3) is 0.375. The summed E-state index contributed by atoms with van der Waals surface area (Å²) in [6, 6.07) is 8.07. The molecule has 0 radical (unpaired) electrons. The molecule has 2 aromatic rings. The average molecular weight is 400 g/mol. The fourth-order valence-corrected chi connectivity index (χ4v) is 3.13. The Bertz CT molecular complexity index is 682. The Kier molecular flexibility index (Phi) is 6.21. The van der Waals surface area contributed by atoms with Gasteiger partial charge in [0, 0.05) is 17.1 Å². The molecule has 7 heteroatoms. The molecule has 1 unspecified atom stereocenters. The molecule has 1 aliphatic rings. The lowest BCUT2D eigenvalue weighted by atomic mass is 10.1. The number of aromatic nitrogens is 2. The number of nitrogens with one attached hydrogen (secondary N) is 2. The summed E-state index contributed by atoms with van der Waals surface area (Å²) < 4.78 is 2.78. The third-order valence-corrected chi connectivity index (χ3v) is 4.43. The summed E-state index contributed by atoms with van der Waals surface area (Å²) in [6.07, 6.45) is 3.76. The predicted molar refractivity (Wildman–Crippen MR) is 96.6 cm³/mol. The number of piperidine rings is 1. The first-order valence-corrected chi connectivity index (χ1v) is 8.26. The highest BCUT2D eigenvalue weighted by Crippen LogP contribution is 2.18. The Labute approximate surface area is 150 Å². The topological polar surface area (TPSA) is 59.0 Å². The lowest BCUT2D eigenvalue weighted by Gasteiger charge is -2.23. The Balaban J connectivity index is 0.00000192. The van der Waals surface area contributed by atoms with Crippen LogP contribution in [0.2, 0.25) is 0 Å². The zero-order chi connectivity index (χ0) is 15.5. The van der Waals surface area contributed by atoms with Crippen LogP contribution in [0.5, 0.6) is 0 Å². The van der Waals surface area contributed by atoms with Gasteiger partial charge in [-0.05, 0) is 44.5 Å². The Morgan fingerprint density at radius 3 is 3.00 bits per heavy atom. The summed E-state index contributed by atoms with van der Waals surface area (Å²) in [5.41, 5.74) is 2.41. The Hall–Kier alpha value is -1.37. The molecular formula is C16H20BrClN4O. The lowest BCUT2D eigenvalue weighted by molar-refractivity contribution is 0.0930. The molecule has 1 amide bonds. The SMILES string of the molecule is Cc1c(C(=O)NC2CCCNC2)cnn1-c1cccc(Br)c1.Cl. The minimum atomic E-state index is -0.0487. The molecule has 1 aliphatic heterocycles. The summed E-state index contributed by atoms with van der Waals surface area (Å²) in [7, 11) is 0. The minimum absolute atomic E-state index is 0. The highest BCUT2D eigenvalue weighted by atomic mass is 79.9. The van der Waals surface area contributed by atoms with Gasteiger partial charge in [0.05, 0.1) is 23.1 Å². The largest absolute Gasteiger partial charge is 0.348 e. The van der Waals surface area contributed by atoms with Gasteiger partial charge in [-0.2, -0.15) is 5.10 Å². The van der Waals surface area contributed by atoms with Gasteiger partial charge in [-0.25, -0.2) is 4.68 Å². The Morgan fingerprint density at radius 1 is 1.48 bits per heavy atom. The summed E-state index contributed by atoms with van der Waals surface area (Å²) >= 11 is 3.46. The number of hydrogen-bond donors (Lipinski definition) is 2. The van der Waals surface area contributed by atoms with Crippen LogP contribution >= 0.6 is 28.3 Å². The van der Waals surface area contributed by atoms with E-state index in [0.29, 0.717) is 5.56 Å². The highest BCUT2D eigenvalue weighted by molar-refractivity contribution is 9.10. The van der Waals surface area contributed by atoms with Gasteiger partial charge in [-0.1, -0.05) is 22.0 Å². The van der Waals surface area contributed by atoms with Crippen LogP contribution in [0.3, 0.4) is 0 Å². The smallest absolute Gasteiger partial charge is 0.255 e. The first-order chi connectivity index (χ1) is 10.6. The van der Waals surface area contributed by atoms with E-state index < -0.39 is 0 Å². The van der Waals surface area contributed by atoms with Crippen molar-refractivity contribution in [3.8, 4) is 5.69 Å². The van der Waals surface area contributed by atoms with Gasteiger partial charge in [0.2, 0.25) is 0 Å². The second-order valence-corrected chi connectivity index (χ2v) is 6.47. The molecule has 23 heavy (non-hydrogen) atoms. The van der Waals surface area contributed by atoms with E-state index in [4.69, 9.17) is 0 Å². The van der Waals surface area contributed by atoms with Crippen LogP contribution in [0.25, 0.3) is 5.69 Å². The van der Waals surface area contributed by atoms with Gasteiger partial charge >= 0.3 is 0 Å². The van der Waals surface area contributed by atoms with Crippen molar-refractivity contribution in [3.63, 3.8) is 0 Å². The van der Waals surface area contributed by atoms with E-state index in [1.807, 2.05) is 31.2 Å². The monoisotopic (exact) mass is 398 g/mol. The van der Waals surface area contributed by atoms with Crippen molar-refractivity contribution >= 4 is 34.2 Å². The fourth-order valence-electron chi connectivity index (χ4n) is 2.74. The summed E-state index contributed by atoms with van der Waals surface area (Å²) in [5, 5.41) is 10.8. The molecular weight excluding hydrogens is 380 g/mol. The van der Waals surface area contributed by atoms with Crippen molar-refractivity contribution < 1.29 is 4.79 Å². The van der Waals surface area contributed by atoms with Gasteiger partial charge in [-0.3, -0.25) is 4.79 Å². The molecule has 2 heterocycles. The average Bonchev–Trinajstić information content (AvgIpc) is 2.90. The number of carbonyl (C=O) groups excluding carboxylic acids is 1. The lowest BCUT2D eigenvalue weighted by Crippen LogP contribution is -2.45. The normalized spacial score (nSPS) is 17.4. The summed E-state index contributed by atoms with van der Waals surface area (Å²) in [5.74, 6) is -0.0487. The van der Waals surface area contributed by atoms with Crippen LogP contribution in [0, 0.1) is 6.92 Å². The van der Waals surface area contributed by atoms with Crippen LogP contribution in [-0.2, 0) is 0 Å². The maximum Gasteiger partial charge on any atom is 0.255 e. The number of benzene rings is 1. The van der Waals surface area contributed by atoms with E-state index in [-0.39, 0.29) is 24.4 Å². The first kappa shape index (κ1) is 18.0. The quantitative estimate of drug-likeness (QED) is 0.834. The molecule has 1 aromatic carbocycles. The van der Waals surface area contributed by atoms with E-state index in [1.165, 1.54) is 0 Å². The summed E-state index contributed by atoms with van der Waals surface area (Å²) in [4.78, 5) is 12.4. The molecule has 0 spiro atoms. The van der Waals surface area contributed by atoms with Gasteiger partial charge in [0.15, 0.2) is 0 Å². The van der Waals surface area contributed by atoms with E-state index in [0.717, 1.165) is 41.8 Å². The van der Waals surface area contributed by atoms with Gasteiger partial charge in [0.25, 0.3) is 5.91 Å². The van der Waals surface area contributed by atoms with E-state index in [9.17, 15) is 4.79 Å². The van der Waals surface area contributed by atoms with Crippen LogP contribution in [-0.4, -0.2) is 34.8 Å². The van der Waals surface area contributed by atoms with Crippen LogP contribution < -0.4 is 10.6 Å². The number of carbonyl (C=O) groups is 1. The molecule has 1 fully saturated rings. The van der Waals surface area contributed by atoms with E-state index in [2.05, 4.69) is 31.7 Å². The number of rotatable bonds is 3. The minimum Gasteiger partial charge on any atom is -0.348 e. The predicted octanol–water partition coefficient (Wildman–Crippen LogP) is 2.85. The van der Waals surface area contributed by atoms with Crippen molar-refractivity contribution in [1.29, 1.82) is 0 Å².